The van der Waals surface area contributed by atoms with Gasteiger partial charge in [-0.15, -0.1) is 6.58 Å². The molecule has 1 aromatic rings. The zero-order valence-corrected chi connectivity index (χ0v) is 18.6. The number of hydrogen-bond donors (Lipinski definition) is 1. The van der Waals surface area contributed by atoms with Crippen molar-refractivity contribution < 1.29 is 18.3 Å². The summed E-state index contributed by atoms with van der Waals surface area (Å²) < 4.78 is 28.5. The number of sulfonamides is 1. The van der Waals surface area contributed by atoms with Crippen LogP contribution in [0.25, 0.3) is 0 Å². The Morgan fingerprint density at radius 1 is 1.21 bits per heavy atom. The number of allylic oxidation sites excluding steroid dienone is 4. The Hall–Kier alpha value is -2.34. The molecular formula is C23H31NO4S. The highest BCUT2D eigenvalue weighted by atomic mass is 32.2. The molecule has 6 heteroatoms. The van der Waals surface area contributed by atoms with Crippen molar-refractivity contribution in [1.29, 1.82) is 0 Å². The van der Waals surface area contributed by atoms with Crippen molar-refractivity contribution >= 4 is 15.8 Å². The Morgan fingerprint density at radius 2 is 1.83 bits per heavy atom. The van der Waals surface area contributed by atoms with Crippen LogP contribution in [-0.4, -0.2) is 30.2 Å². The molecule has 0 amide bonds. The van der Waals surface area contributed by atoms with E-state index in [9.17, 15) is 18.3 Å². The van der Waals surface area contributed by atoms with Crippen LogP contribution in [0, 0.1) is 0 Å². The van der Waals surface area contributed by atoms with Gasteiger partial charge in [-0.1, -0.05) is 32.1 Å². The molecule has 0 atom stereocenters. The lowest BCUT2D eigenvalue weighted by atomic mass is 9.97. The van der Waals surface area contributed by atoms with Gasteiger partial charge < -0.3 is 5.11 Å². The minimum atomic E-state index is -3.90. The molecule has 0 bridgehead atoms. The summed E-state index contributed by atoms with van der Waals surface area (Å²) in [6, 6.07) is 6.87. The van der Waals surface area contributed by atoms with Crippen molar-refractivity contribution in [3.8, 4) is 0 Å². The Kier molecular flexibility index (Phi) is 7.47. The summed E-state index contributed by atoms with van der Waals surface area (Å²) in [6.07, 6.45) is 4.29. The maximum atomic E-state index is 13.6. The first-order valence-electron chi connectivity index (χ1n) is 9.98. The summed E-state index contributed by atoms with van der Waals surface area (Å²) in [7, 11) is -3.90. The zero-order chi connectivity index (χ0) is 21.8. The van der Waals surface area contributed by atoms with Gasteiger partial charge in [0.1, 0.15) is 5.76 Å². The number of aliphatic hydroxyl groups excluding tert-OH is 1. The Balaban J connectivity index is 2.70. The maximum Gasteiger partial charge on any atom is 0.264 e. The van der Waals surface area contributed by atoms with Crippen LogP contribution in [0.1, 0.15) is 64.9 Å². The van der Waals surface area contributed by atoms with E-state index in [1.165, 1.54) is 18.2 Å². The van der Waals surface area contributed by atoms with E-state index in [0.29, 0.717) is 30.9 Å². The molecule has 29 heavy (non-hydrogen) atoms. The minimum Gasteiger partial charge on any atom is -0.512 e. The van der Waals surface area contributed by atoms with E-state index >= 15 is 0 Å². The van der Waals surface area contributed by atoms with Crippen molar-refractivity contribution in [2.45, 2.75) is 64.2 Å². The highest BCUT2D eigenvalue weighted by molar-refractivity contribution is 7.89. The molecule has 0 fully saturated rings. The monoisotopic (exact) mass is 417 g/mol. The van der Waals surface area contributed by atoms with Crippen LogP contribution in [0.15, 0.2) is 64.4 Å². The smallest absolute Gasteiger partial charge is 0.264 e. The summed E-state index contributed by atoms with van der Waals surface area (Å²) in [6.45, 7) is 10.9. The molecule has 1 aliphatic rings. The predicted molar refractivity (Wildman–Crippen MR) is 116 cm³/mol. The average Bonchev–Trinajstić information content (AvgIpc) is 2.85. The van der Waals surface area contributed by atoms with E-state index in [4.69, 9.17) is 0 Å². The number of Topliss-reactive ketones (excluding diaryl/α,β-unsaturated/α-hetero) is 1. The third-order valence-electron chi connectivity index (χ3n) is 5.15. The van der Waals surface area contributed by atoms with Gasteiger partial charge in [-0.05, 0) is 68.7 Å². The van der Waals surface area contributed by atoms with Gasteiger partial charge in [0, 0.05) is 6.54 Å². The van der Waals surface area contributed by atoms with Crippen LogP contribution in [0.5, 0.6) is 0 Å². The predicted octanol–water partition coefficient (Wildman–Crippen LogP) is 5.24. The number of carbonyl (C=O) groups is 1. The molecule has 2 rings (SSSR count). The van der Waals surface area contributed by atoms with E-state index in [-0.39, 0.29) is 28.6 Å². The van der Waals surface area contributed by atoms with Gasteiger partial charge >= 0.3 is 0 Å². The number of nitrogens with zero attached hydrogens (tertiary/aromatic N) is 1. The van der Waals surface area contributed by atoms with Gasteiger partial charge in [0.05, 0.1) is 16.2 Å². The highest BCUT2D eigenvalue weighted by Crippen LogP contribution is 2.35. The first-order chi connectivity index (χ1) is 13.6. The second-order valence-corrected chi connectivity index (χ2v) is 9.58. The SMILES string of the molecule is C=CCC1=C(C(C(C)=O)=C(C)O)N(S(=O)(=O)c2ccc(C(C)C)cc2)CCCC1. The molecule has 1 N–H and O–H groups in total. The fraction of sp³-hybridized carbons (Fsp3) is 0.435. The van der Waals surface area contributed by atoms with Gasteiger partial charge in [0.2, 0.25) is 0 Å². The standard InChI is InChI=1S/C23H31NO4S/c1-6-9-20-10-7-8-15-24(23(20)22(17(4)25)18(5)26)29(27,28)21-13-11-19(12-14-21)16(2)3/h6,11-14,16,25H,1,7-10,15H2,2-5H3. The molecule has 0 saturated heterocycles. The normalized spacial score (nSPS) is 16.5. The zero-order valence-electron chi connectivity index (χ0n) is 17.7. The number of hydrogen-bond acceptors (Lipinski definition) is 4. The number of aliphatic hydroxyl groups is 1. The molecule has 1 aromatic carbocycles. The van der Waals surface area contributed by atoms with Crippen molar-refractivity contribution in [2.24, 2.45) is 0 Å². The summed E-state index contributed by atoms with van der Waals surface area (Å²) in [4.78, 5) is 12.6. The quantitative estimate of drug-likeness (QED) is 0.374. The van der Waals surface area contributed by atoms with E-state index in [2.05, 4.69) is 20.4 Å². The Labute approximate surface area is 174 Å². The van der Waals surface area contributed by atoms with E-state index in [0.717, 1.165) is 17.6 Å². The van der Waals surface area contributed by atoms with Crippen LogP contribution in [-0.2, 0) is 14.8 Å². The Morgan fingerprint density at radius 3 is 2.31 bits per heavy atom. The molecule has 1 aliphatic heterocycles. The van der Waals surface area contributed by atoms with E-state index in [1.807, 2.05) is 12.1 Å². The van der Waals surface area contributed by atoms with Crippen LogP contribution < -0.4 is 0 Å². The van der Waals surface area contributed by atoms with Crippen molar-refractivity contribution in [3.05, 3.63) is 65.1 Å². The molecule has 0 aliphatic carbocycles. The maximum absolute atomic E-state index is 13.6. The van der Waals surface area contributed by atoms with Gasteiger partial charge in [0.15, 0.2) is 5.78 Å². The lowest BCUT2D eigenvalue weighted by Gasteiger charge is -2.29. The molecule has 0 unspecified atom stereocenters. The first-order valence-corrected chi connectivity index (χ1v) is 11.4. The van der Waals surface area contributed by atoms with E-state index in [1.54, 1.807) is 18.2 Å². The third-order valence-corrected chi connectivity index (χ3v) is 6.96. The second-order valence-electron chi connectivity index (χ2n) is 7.72. The molecule has 1 heterocycles. The molecular weight excluding hydrogens is 386 g/mol. The summed E-state index contributed by atoms with van der Waals surface area (Å²) in [5, 5.41) is 10.2. The molecule has 5 nitrogen and oxygen atoms in total. The summed E-state index contributed by atoms with van der Waals surface area (Å²) in [5.74, 6) is -0.242. The van der Waals surface area contributed by atoms with E-state index < -0.39 is 10.0 Å². The third kappa shape index (κ3) is 4.99. The lowest BCUT2D eigenvalue weighted by Crippen LogP contribution is -2.33. The van der Waals surface area contributed by atoms with Crippen molar-refractivity contribution in [2.75, 3.05) is 6.54 Å². The Bertz CT molecular complexity index is 934. The van der Waals surface area contributed by atoms with Gasteiger partial charge in [-0.3, -0.25) is 9.10 Å². The highest BCUT2D eigenvalue weighted by Gasteiger charge is 2.33. The number of rotatable bonds is 7. The second kappa shape index (κ2) is 9.44. The molecule has 0 spiro atoms. The van der Waals surface area contributed by atoms with Crippen LogP contribution in [0.4, 0.5) is 0 Å². The number of ketones is 1. The van der Waals surface area contributed by atoms with Crippen molar-refractivity contribution in [3.63, 3.8) is 0 Å². The molecule has 0 aromatic heterocycles. The van der Waals surface area contributed by atoms with Crippen molar-refractivity contribution in [1.82, 2.24) is 4.31 Å². The van der Waals surface area contributed by atoms with Crippen LogP contribution in [0.2, 0.25) is 0 Å². The van der Waals surface area contributed by atoms with Crippen LogP contribution >= 0.6 is 0 Å². The fourth-order valence-electron chi connectivity index (χ4n) is 3.66. The average molecular weight is 418 g/mol. The first kappa shape index (κ1) is 22.9. The summed E-state index contributed by atoms with van der Waals surface area (Å²) >= 11 is 0. The summed E-state index contributed by atoms with van der Waals surface area (Å²) in [5.41, 5.74) is 2.23. The van der Waals surface area contributed by atoms with Crippen LogP contribution in [0.3, 0.4) is 0 Å². The van der Waals surface area contributed by atoms with Gasteiger partial charge in [-0.2, -0.15) is 0 Å². The lowest BCUT2D eigenvalue weighted by molar-refractivity contribution is -0.113. The molecule has 0 radical (unpaired) electrons. The minimum absolute atomic E-state index is 0.0612. The molecule has 158 valence electrons. The largest absolute Gasteiger partial charge is 0.512 e. The van der Waals surface area contributed by atoms with Gasteiger partial charge in [-0.25, -0.2) is 8.42 Å². The topological polar surface area (TPSA) is 74.7 Å². The number of carbonyl (C=O) groups excluding carboxylic acids is 1. The molecule has 0 saturated carbocycles. The van der Waals surface area contributed by atoms with Gasteiger partial charge in [0.25, 0.3) is 10.0 Å². The number of benzene rings is 1. The fourth-order valence-corrected chi connectivity index (χ4v) is 5.22.